The molecule has 7 atom stereocenters. The van der Waals surface area contributed by atoms with Crippen LogP contribution in [0.1, 0.15) is 63.6 Å². The van der Waals surface area contributed by atoms with Gasteiger partial charge in [0.2, 0.25) is 11.8 Å². The molecule has 1 aromatic heterocycles. The summed E-state index contributed by atoms with van der Waals surface area (Å²) in [7, 11) is 0. The largest absolute Gasteiger partial charge is 0.444 e. The maximum Gasteiger partial charge on any atom is 0.410 e. The number of fused-ring (bicyclic) bond motifs is 1. The third-order valence-electron chi connectivity index (χ3n) is 10.7. The van der Waals surface area contributed by atoms with E-state index in [2.05, 4.69) is 31.1 Å². The van der Waals surface area contributed by atoms with Crippen LogP contribution in [0.2, 0.25) is 0 Å². The van der Waals surface area contributed by atoms with E-state index < -0.39 is 6.04 Å². The lowest BCUT2D eigenvalue weighted by atomic mass is 9.85. The van der Waals surface area contributed by atoms with Crippen LogP contribution in [0.25, 0.3) is 0 Å². The van der Waals surface area contributed by atoms with Gasteiger partial charge in [0.25, 0.3) is 0 Å². The average Bonchev–Trinajstić information content (AvgIpc) is 3.79. The molecule has 4 saturated heterocycles. The molecule has 47 heavy (non-hydrogen) atoms. The van der Waals surface area contributed by atoms with Gasteiger partial charge < -0.3 is 29.2 Å². The summed E-state index contributed by atoms with van der Waals surface area (Å²) in [5.74, 6) is -0.357. The van der Waals surface area contributed by atoms with E-state index in [1.54, 1.807) is 28.3 Å². The maximum absolute atomic E-state index is 15.0. The molecule has 1 saturated carbocycles. The highest BCUT2D eigenvalue weighted by Gasteiger charge is 2.58. The molecule has 252 valence electrons. The minimum Gasteiger partial charge on any atom is -0.444 e. The monoisotopic (exact) mass is 646 g/mol. The zero-order valence-electron chi connectivity index (χ0n) is 27.5. The highest BCUT2D eigenvalue weighted by molar-refractivity contribution is 6.03. The number of nitrogens with zero attached hydrogens (tertiary/aromatic N) is 3. The van der Waals surface area contributed by atoms with Crippen LogP contribution in [0.4, 0.5) is 10.5 Å². The molecule has 1 aromatic carbocycles. The predicted molar refractivity (Wildman–Crippen MR) is 172 cm³/mol. The van der Waals surface area contributed by atoms with Crippen molar-refractivity contribution in [1.29, 1.82) is 0 Å². The summed E-state index contributed by atoms with van der Waals surface area (Å²) in [6, 6.07) is 10.6. The average molecular weight is 647 g/mol. The standard InChI is InChI=1S/C36H46N4O7/c1-36(2,3)24-6-8-26(9-7-24)40(33(42)30-23-17-28-29(30)21-46-34(28)45-19-23)31(22-5-4-13-37-18-22)32(41)38-25-10-14-39(15-11-25)35(43)47-27-12-16-44-20-27/h4-9,13,18,23,25,27-31,34H,10-12,14-17,19-21H2,1-3H3,(H,38,41)/t23?,27?,28?,29?,30-,31?,34-/m0/s1. The molecule has 5 fully saturated rings. The van der Waals surface area contributed by atoms with Gasteiger partial charge in [-0.2, -0.15) is 0 Å². The fourth-order valence-electron chi connectivity index (χ4n) is 8.05. The number of ether oxygens (including phenoxy) is 4. The molecule has 0 spiro atoms. The number of nitrogens with one attached hydrogen (secondary N) is 1. The lowest BCUT2D eigenvalue weighted by Gasteiger charge is -2.38. The van der Waals surface area contributed by atoms with Gasteiger partial charge in [0, 0.05) is 67.0 Å². The number of hydrogen-bond donors (Lipinski definition) is 1. The highest BCUT2D eigenvalue weighted by atomic mass is 16.7. The topological polar surface area (TPSA) is 120 Å². The van der Waals surface area contributed by atoms with Gasteiger partial charge in [-0.15, -0.1) is 0 Å². The van der Waals surface area contributed by atoms with E-state index in [0.717, 1.165) is 12.0 Å². The quantitative estimate of drug-likeness (QED) is 0.475. The van der Waals surface area contributed by atoms with Crippen molar-refractivity contribution in [2.45, 2.75) is 76.3 Å². The predicted octanol–water partition coefficient (Wildman–Crippen LogP) is 4.21. The second-order valence-electron chi connectivity index (χ2n) is 14.7. The number of amides is 3. The summed E-state index contributed by atoms with van der Waals surface area (Å²) in [6.45, 7) is 9.40. The Hall–Kier alpha value is -3.54. The molecule has 11 nitrogen and oxygen atoms in total. The normalized spacial score (nSPS) is 29.4. The molecule has 1 aliphatic carbocycles. The lowest BCUT2D eigenvalue weighted by Crippen LogP contribution is -2.52. The van der Waals surface area contributed by atoms with Crippen molar-refractivity contribution >= 4 is 23.6 Å². The second-order valence-corrected chi connectivity index (χ2v) is 14.7. The Kier molecular flexibility index (Phi) is 8.97. The van der Waals surface area contributed by atoms with Gasteiger partial charge in [0.05, 0.1) is 26.4 Å². The molecule has 4 aliphatic heterocycles. The van der Waals surface area contributed by atoms with E-state index in [9.17, 15) is 14.4 Å². The number of likely N-dealkylation sites (tertiary alicyclic amines) is 1. The number of carbonyl (C=O) groups is 3. The first kappa shape index (κ1) is 32.0. The van der Waals surface area contributed by atoms with Crippen molar-refractivity contribution in [2.24, 2.45) is 23.7 Å². The summed E-state index contributed by atoms with van der Waals surface area (Å²) in [5.41, 5.74) is 2.36. The number of rotatable bonds is 7. The van der Waals surface area contributed by atoms with Gasteiger partial charge in [0.1, 0.15) is 12.1 Å². The molecule has 7 rings (SSSR count). The van der Waals surface area contributed by atoms with E-state index in [1.807, 2.05) is 30.3 Å². The van der Waals surface area contributed by atoms with Crippen LogP contribution in [0, 0.1) is 23.7 Å². The van der Waals surface area contributed by atoms with Crippen LogP contribution in [-0.4, -0.2) is 85.7 Å². The number of benzene rings is 1. The fourth-order valence-corrected chi connectivity index (χ4v) is 8.05. The first-order chi connectivity index (χ1) is 22.7. The van der Waals surface area contributed by atoms with Gasteiger partial charge in [-0.25, -0.2) is 4.79 Å². The molecule has 5 unspecified atom stereocenters. The lowest BCUT2D eigenvalue weighted by molar-refractivity contribution is -0.167. The molecule has 0 radical (unpaired) electrons. The van der Waals surface area contributed by atoms with E-state index in [-0.39, 0.29) is 65.4 Å². The first-order valence-corrected chi connectivity index (χ1v) is 17.1. The number of piperidine rings is 1. The first-order valence-electron chi connectivity index (χ1n) is 17.1. The molecular formula is C36H46N4O7. The van der Waals surface area contributed by atoms with Gasteiger partial charge in [-0.05, 0) is 54.4 Å². The van der Waals surface area contributed by atoms with Crippen molar-refractivity contribution in [2.75, 3.05) is 44.4 Å². The molecule has 2 aromatic rings. The van der Waals surface area contributed by atoms with Crippen LogP contribution in [0.15, 0.2) is 48.8 Å². The minimum atomic E-state index is -0.943. The summed E-state index contributed by atoms with van der Waals surface area (Å²) in [4.78, 5) is 50.0. The molecule has 2 bridgehead atoms. The Morgan fingerprint density at radius 1 is 1.00 bits per heavy atom. The molecule has 3 amide bonds. The SMILES string of the molecule is CC(C)(C)c1ccc(N(C(=O)[C@H]2C3CO[C@H]4OCC2C4C3)C(C(=O)NC2CCN(C(=O)OC3CCOC3)CC2)c2cccnc2)cc1. The molecule has 11 heteroatoms. The van der Waals surface area contributed by atoms with Crippen molar-refractivity contribution in [3.05, 3.63) is 59.9 Å². The Labute approximate surface area is 276 Å². The molecular weight excluding hydrogens is 600 g/mol. The Morgan fingerprint density at radius 2 is 1.77 bits per heavy atom. The third-order valence-corrected chi connectivity index (χ3v) is 10.7. The number of aromatic nitrogens is 1. The zero-order chi connectivity index (χ0) is 32.7. The molecule has 5 heterocycles. The number of carbonyl (C=O) groups excluding carboxylic acids is 3. The van der Waals surface area contributed by atoms with Gasteiger partial charge in [-0.1, -0.05) is 39.0 Å². The zero-order valence-corrected chi connectivity index (χ0v) is 27.5. The Balaban J connectivity index is 1.16. The van der Waals surface area contributed by atoms with E-state index >= 15 is 0 Å². The van der Waals surface area contributed by atoms with E-state index in [1.165, 1.54) is 0 Å². The van der Waals surface area contributed by atoms with Crippen molar-refractivity contribution in [1.82, 2.24) is 15.2 Å². The van der Waals surface area contributed by atoms with Crippen LogP contribution < -0.4 is 10.2 Å². The summed E-state index contributed by atoms with van der Waals surface area (Å²) >= 11 is 0. The molecule has 1 N–H and O–H groups in total. The third kappa shape index (κ3) is 6.49. The molecule has 5 aliphatic rings. The summed E-state index contributed by atoms with van der Waals surface area (Å²) in [6.07, 6.45) is 5.33. The van der Waals surface area contributed by atoms with Gasteiger partial charge in [0.15, 0.2) is 6.29 Å². The Morgan fingerprint density at radius 3 is 2.45 bits per heavy atom. The van der Waals surface area contributed by atoms with E-state index in [4.69, 9.17) is 18.9 Å². The fraction of sp³-hybridized carbons (Fsp3) is 0.611. The van der Waals surface area contributed by atoms with Gasteiger partial charge >= 0.3 is 6.09 Å². The smallest absolute Gasteiger partial charge is 0.410 e. The second kappa shape index (κ2) is 13.2. The number of pyridine rings is 1. The van der Waals surface area contributed by atoms with E-state index in [0.29, 0.717) is 70.0 Å². The van der Waals surface area contributed by atoms with Crippen molar-refractivity contribution in [3.63, 3.8) is 0 Å². The summed E-state index contributed by atoms with van der Waals surface area (Å²) in [5, 5.41) is 3.25. The van der Waals surface area contributed by atoms with Crippen molar-refractivity contribution in [3.8, 4) is 0 Å². The van der Waals surface area contributed by atoms with Crippen LogP contribution in [0.5, 0.6) is 0 Å². The summed E-state index contributed by atoms with van der Waals surface area (Å²) < 4.78 is 22.9. The van der Waals surface area contributed by atoms with Crippen LogP contribution >= 0.6 is 0 Å². The Bertz CT molecular complexity index is 1430. The van der Waals surface area contributed by atoms with Crippen LogP contribution in [0.3, 0.4) is 0 Å². The number of anilines is 1. The van der Waals surface area contributed by atoms with Crippen molar-refractivity contribution < 1.29 is 33.3 Å². The minimum absolute atomic E-state index is 0.0498. The van der Waals surface area contributed by atoms with Gasteiger partial charge in [-0.3, -0.25) is 19.5 Å². The highest BCUT2D eigenvalue weighted by Crippen LogP contribution is 2.53. The number of hydrogen-bond acceptors (Lipinski definition) is 8. The maximum atomic E-state index is 15.0. The van der Waals surface area contributed by atoms with Crippen LogP contribution in [-0.2, 0) is 34.0 Å².